The van der Waals surface area contributed by atoms with Crippen molar-refractivity contribution in [1.82, 2.24) is 24.5 Å². The highest BCUT2D eigenvalue weighted by Crippen LogP contribution is 2.19. The molecule has 0 bridgehead atoms. The summed E-state index contributed by atoms with van der Waals surface area (Å²) in [4.78, 5) is 24.9. The fourth-order valence-corrected chi connectivity index (χ4v) is 3.74. The van der Waals surface area contributed by atoms with Gasteiger partial charge in [-0.15, -0.1) is 10.2 Å². The molecule has 1 aliphatic carbocycles. The lowest BCUT2D eigenvalue weighted by Gasteiger charge is -2.12. The Balaban J connectivity index is 1.39. The van der Waals surface area contributed by atoms with Gasteiger partial charge in [-0.3, -0.25) is 18.6 Å². The molecule has 0 fully saturated rings. The molecule has 0 atom stereocenters. The van der Waals surface area contributed by atoms with Gasteiger partial charge in [0.2, 0.25) is 11.6 Å². The number of halogens is 1. The van der Waals surface area contributed by atoms with Crippen LogP contribution in [-0.4, -0.2) is 31.6 Å². The number of fused-ring (bicyclic) bond motifs is 1. The first-order valence-electron chi connectivity index (χ1n) is 10.3. The van der Waals surface area contributed by atoms with Crippen molar-refractivity contribution in [2.75, 3.05) is 6.54 Å². The number of rotatable bonds is 7. The summed E-state index contributed by atoms with van der Waals surface area (Å²) in [6.07, 6.45) is 11.8. The smallest absolute Gasteiger partial charge is 0.300 e. The largest absolute Gasteiger partial charge is 0.356 e. The summed E-state index contributed by atoms with van der Waals surface area (Å²) in [5, 5.41) is 11.0. The van der Waals surface area contributed by atoms with Crippen LogP contribution in [-0.2, 0) is 11.2 Å². The molecule has 0 unspecified atom stereocenters. The Hall–Kier alpha value is -3.29. The number of allylic oxidation sites excluding steroid dienone is 1. The van der Waals surface area contributed by atoms with Gasteiger partial charge in [-0.05, 0) is 50.3 Å². The van der Waals surface area contributed by atoms with Crippen LogP contribution in [0.15, 0.2) is 53.1 Å². The molecule has 0 spiro atoms. The molecule has 1 aromatic carbocycles. The van der Waals surface area contributed by atoms with Gasteiger partial charge in [-0.1, -0.05) is 17.7 Å². The fourth-order valence-electron chi connectivity index (χ4n) is 3.74. The summed E-state index contributed by atoms with van der Waals surface area (Å²) in [6.45, 7) is 0.642. The second-order valence-electron chi connectivity index (χ2n) is 7.47. The van der Waals surface area contributed by atoms with Gasteiger partial charge < -0.3 is 5.32 Å². The number of nitrogens with one attached hydrogen (secondary N) is 1. The van der Waals surface area contributed by atoms with Gasteiger partial charge in [0.25, 0.3) is 0 Å². The Morgan fingerprint density at radius 1 is 1.17 bits per heavy atom. The Kier molecular flexibility index (Phi) is 6.02. The van der Waals surface area contributed by atoms with Crippen molar-refractivity contribution >= 4 is 11.6 Å². The number of carbonyl (C=O) groups is 1. The zero-order chi connectivity index (χ0) is 20.9. The Labute approximate surface area is 173 Å². The molecule has 0 saturated heterocycles. The Bertz CT molecular complexity index is 1150. The van der Waals surface area contributed by atoms with Crippen molar-refractivity contribution in [3.05, 3.63) is 70.3 Å². The van der Waals surface area contributed by atoms with Crippen LogP contribution in [0.4, 0.5) is 4.39 Å². The third-order valence-corrected chi connectivity index (χ3v) is 5.36. The van der Waals surface area contributed by atoms with Crippen molar-refractivity contribution < 1.29 is 9.18 Å². The number of hydrogen-bond acceptors (Lipinski definition) is 4. The standard InChI is InChI=1S/C22H24FN5O2/c23-17-7-4-8-18(15-17)27-13-14-28-19(25-26-21(28)22(27)30)9-10-20(29)24-12-11-16-5-2-1-3-6-16/h4-5,7-8,13-15H,1-3,6,9-12H2,(H,24,29). The summed E-state index contributed by atoms with van der Waals surface area (Å²) in [5.74, 6) is 0.0714. The lowest BCUT2D eigenvalue weighted by molar-refractivity contribution is -0.121. The second-order valence-corrected chi connectivity index (χ2v) is 7.47. The van der Waals surface area contributed by atoms with Gasteiger partial charge >= 0.3 is 5.56 Å². The number of amides is 1. The quantitative estimate of drug-likeness (QED) is 0.609. The average molecular weight is 409 g/mol. The topological polar surface area (TPSA) is 81.3 Å². The highest BCUT2D eigenvalue weighted by atomic mass is 19.1. The molecule has 0 radical (unpaired) electrons. The van der Waals surface area contributed by atoms with E-state index >= 15 is 0 Å². The molecule has 1 amide bonds. The maximum atomic E-state index is 13.5. The van der Waals surface area contributed by atoms with Crippen molar-refractivity contribution in [3.63, 3.8) is 0 Å². The van der Waals surface area contributed by atoms with Crippen molar-refractivity contribution in [3.8, 4) is 5.69 Å². The molecule has 1 N–H and O–H groups in total. The highest BCUT2D eigenvalue weighted by Gasteiger charge is 2.13. The van der Waals surface area contributed by atoms with E-state index in [4.69, 9.17) is 0 Å². The maximum absolute atomic E-state index is 13.5. The van der Waals surface area contributed by atoms with Gasteiger partial charge in [0.15, 0.2) is 0 Å². The van der Waals surface area contributed by atoms with Gasteiger partial charge in [-0.25, -0.2) is 4.39 Å². The molecule has 7 nitrogen and oxygen atoms in total. The molecule has 30 heavy (non-hydrogen) atoms. The molecule has 0 aliphatic heterocycles. The molecule has 8 heteroatoms. The van der Waals surface area contributed by atoms with Crippen LogP contribution in [0.25, 0.3) is 11.3 Å². The summed E-state index contributed by atoms with van der Waals surface area (Å²) in [5.41, 5.74) is 1.59. The van der Waals surface area contributed by atoms with Gasteiger partial charge in [0.1, 0.15) is 11.6 Å². The van der Waals surface area contributed by atoms with Gasteiger partial charge in [-0.2, -0.15) is 0 Å². The first-order chi connectivity index (χ1) is 14.6. The summed E-state index contributed by atoms with van der Waals surface area (Å²) in [7, 11) is 0. The molecule has 1 aliphatic rings. The molecule has 3 aromatic rings. The minimum atomic E-state index is -0.424. The molecular formula is C22H24FN5O2. The normalized spacial score (nSPS) is 14.0. The zero-order valence-corrected chi connectivity index (χ0v) is 16.7. The van der Waals surface area contributed by atoms with Crippen LogP contribution >= 0.6 is 0 Å². The van der Waals surface area contributed by atoms with E-state index in [-0.39, 0.29) is 18.0 Å². The van der Waals surface area contributed by atoms with Crippen LogP contribution in [0, 0.1) is 5.82 Å². The lowest BCUT2D eigenvalue weighted by Crippen LogP contribution is -2.25. The predicted molar refractivity (Wildman–Crippen MR) is 111 cm³/mol. The Morgan fingerprint density at radius 2 is 2.07 bits per heavy atom. The van der Waals surface area contributed by atoms with Crippen molar-refractivity contribution in [2.45, 2.75) is 44.9 Å². The zero-order valence-electron chi connectivity index (χ0n) is 16.7. The monoisotopic (exact) mass is 409 g/mol. The number of carbonyl (C=O) groups excluding carboxylic acids is 1. The maximum Gasteiger partial charge on any atom is 0.300 e. The third-order valence-electron chi connectivity index (χ3n) is 5.36. The average Bonchev–Trinajstić information content (AvgIpc) is 3.17. The first-order valence-corrected chi connectivity index (χ1v) is 10.3. The number of aryl methyl sites for hydroxylation is 1. The van der Waals surface area contributed by atoms with E-state index in [9.17, 15) is 14.0 Å². The first kappa shape index (κ1) is 20.0. The highest BCUT2D eigenvalue weighted by molar-refractivity contribution is 5.76. The number of aromatic nitrogens is 4. The predicted octanol–water partition coefficient (Wildman–Crippen LogP) is 2.96. The molecule has 2 heterocycles. The SMILES string of the molecule is O=C(CCc1nnc2c(=O)n(-c3cccc(F)c3)ccn12)NCCC1=CCCCC1. The van der Waals surface area contributed by atoms with E-state index in [0.717, 1.165) is 19.3 Å². The van der Waals surface area contributed by atoms with Crippen LogP contribution in [0.2, 0.25) is 0 Å². The Morgan fingerprint density at radius 3 is 2.87 bits per heavy atom. The minimum absolute atomic E-state index is 0.0451. The van der Waals surface area contributed by atoms with Crippen LogP contribution in [0.3, 0.4) is 0 Å². The summed E-state index contributed by atoms with van der Waals surface area (Å²) >= 11 is 0. The van der Waals surface area contributed by atoms with E-state index < -0.39 is 11.4 Å². The van der Waals surface area contributed by atoms with Crippen molar-refractivity contribution in [2.24, 2.45) is 0 Å². The summed E-state index contributed by atoms with van der Waals surface area (Å²) in [6, 6.07) is 5.79. The second kappa shape index (κ2) is 9.02. The van der Waals surface area contributed by atoms with E-state index in [1.807, 2.05) is 0 Å². The van der Waals surface area contributed by atoms with E-state index in [0.29, 0.717) is 24.5 Å². The third kappa shape index (κ3) is 4.48. The molecule has 0 saturated carbocycles. The van der Waals surface area contributed by atoms with Crippen LogP contribution in [0.1, 0.15) is 44.3 Å². The molecule has 2 aromatic heterocycles. The van der Waals surface area contributed by atoms with Gasteiger partial charge in [0.05, 0.1) is 5.69 Å². The number of hydrogen-bond donors (Lipinski definition) is 1. The molecule has 156 valence electrons. The van der Waals surface area contributed by atoms with Crippen molar-refractivity contribution in [1.29, 1.82) is 0 Å². The van der Waals surface area contributed by atoms with E-state index in [1.165, 1.54) is 35.1 Å². The van der Waals surface area contributed by atoms with Gasteiger partial charge in [0, 0.05) is 31.8 Å². The molecule has 4 rings (SSSR count). The fraction of sp³-hybridized carbons (Fsp3) is 0.364. The van der Waals surface area contributed by atoms with E-state index in [1.54, 1.807) is 28.9 Å². The van der Waals surface area contributed by atoms with Crippen LogP contribution in [0.5, 0.6) is 0 Å². The number of nitrogens with zero attached hydrogens (tertiary/aromatic N) is 4. The molecular weight excluding hydrogens is 385 g/mol. The minimum Gasteiger partial charge on any atom is -0.356 e. The van der Waals surface area contributed by atoms with E-state index in [2.05, 4.69) is 21.6 Å². The summed E-state index contributed by atoms with van der Waals surface area (Å²) < 4.78 is 16.4. The number of benzene rings is 1. The lowest BCUT2D eigenvalue weighted by atomic mass is 9.97. The van der Waals surface area contributed by atoms with Crippen LogP contribution < -0.4 is 10.9 Å².